The number of piperidine rings is 1. The van der Waals surface area contributed by atoms with Crippen LogP contribution in [0.1, 0.15) is 11.5 Å². The van der Waals surface area contributed by atoms with Crippen LogP contribution in [0.4, 0.5) is 0 Å². The summed E-state index contributed by atoms with van der Waals surface area (Å²) in [6, 6.07) is 5.15. The second-order valence-corrected chi connectivity index (χ2v) is 5.74. The lowest BCUT2D eigenvalue weighted by Gasteiger charge is -2.33. The van der Waals surface area contributed by atoms with Gasteiger partial charge in [-0.1, -0.05) is 12.1 Å². The van der Waals surface area contributed by atoms with E-state index < -0.39 is 0 Å². The van der Waals surface area contributed by atoms with Gasteiger partial charge in [0.15, 0.2) is 11.5 Å². The van der Waals surface area contributed by atoms with Crippen LogP contribution < -0.4 is 5.32 Å². The van der Waals surface area contributed by atoms with Crippen LogP contribution in [0, 0.1) is 5.92 Å². The van der Waals surface area contributed by atoms with Crippen LogP contribution in [0.15, 0.2) is 29.7 Å². The maximum atomic E-state index is 9.58. The second-order valence-electron chi connectivity index (χ2n) is 4.59. The smallest absolute Gasteiger partial charge is 0.157 e. The number of benzene rings is 1. The highest BCUT2D eigenvalue weighted by Gasteiger charge is 2.35. The van der Waals surface area contributed by atoms with Gasteiger partial charge in [0.05, 0.1) is 0 Å². The average Bonchev–Trinajstić information content (AvgIpc) is 2.80. The number of aromatic hydroxyl groups is 2. The molecule has 0 spiro atoms. The lowest BCUT2D eigenvalue weighted by molar-refractivity contribution is 0.385. The number of phenols is 2. The van der Waals surface area contributed by atoms with E-state index in [1.54, 1.807) is 12.1 Å². The molecule has 0 radical (unpaired) electrons. The normalized spacial score (nSPS) is 31.4. The summed E-state index contributed by atoms with van der Waals surface area (Å²) in [7, 11) is 0. The van der Waals surface area contributed by atoms with Gasteiger partial charge in [-0.25, -0.2) is 0 Å². The molecule has 4 heteroatoms. The van der Waals surface area contributed by atoms with Crippen molar-refractivity contribution in [2.75, 3.05) is 13.1 Å². The van der Waals surface area contributed by atoms with Gasteiger partial charge in [-0.05, 0) is 29.0 Å². The van der Waals surface area contributed by atoms with E-state index in [2.05, 4.69) is 16.8 Å². The highest BCUT2D eigenvalue weighted by molar-refractivity contribution is 8.03. The molecule has 0 aromatic heterocycles. The van der Waals surface area contributed by atoms with Gasteiger partial charge in [-0.3, -0.25) is 0 Å². The predicted octanol–water partition coefficient (Wildman–Crippen LogP) is 2.03. The van der Waals surface area contributed by atoms with Crippen LogP contribution >= 0.6 is 11.8 Å². The lowest BCUT2D eigenvalue weighted by Crippen LogP contribution is -2.41. The largest absolute Gasteiger partial charge is 0.504 e. The van der Waals surface area contributed by atoms with Crippen molar-refractivity contribution in [2.45, 2.75) is 11.2 Å². The first-order valence-electron chi connectivity index (χ1n) is 5.80. The van der Waals surface area contributed by atoms with E-state index in [0.29, 0.717) is 17.1 Å². The van der Waals surface area contributed by atoms with Gasteiger partial charge in [-0.2, -0.15) is 0 Å². The van der Waals surface area contributed by atoms with Crippen LogP contribution in [-0.2, 0) is 0 Å². The molecule has 1 saturated heterocycles. The second kappa shape index (κ2) is 4.27. The van der Waals surface area contributed by atoms with Crippen LogP contribution in [0.25, 0.3) is 0 Å². The molecular weight excluding hydrogens is 234 g/mol. The van der Waals surface area contributed by atoms with Crippen molar-refractivity contribution in [1.29, 1.82) is 0 Å². The van der Waals surface area contributed by atoms with Gasteiger partial charge in [0.2, 0.25) is 0 Å². The van der Waals surface area contributed by atoms with Crippen molar-refractivity contribution in [1.82, 2.24) is 5.32 Å². The average molecular weight is 249 g/mol. The van der Waals surface area contributed by atoms with Gasteiger partial charge < -0.3 is 15.5 Å². The third-order valence-corrected chi connectivity index (χ3v) is 4.73. The van der Waals surface area contributed by atoms with Gasteiger partial charge in [0, 0.05) is 24.3 Å². The van der Waals surface area contributed by atoms with Gasteiger partial charge in [0.25, 0.3) is 0 Å². The van der Waals surface area contributed by atoms with E-state index in [9.17, 15) is 10.2 Å². The molecule has 3 atom stereocenters. The highest BCUT2D eigenvalue weighted by atomic mass is 32.2. The molecule has 1 aromatic carbocycles. The number of hydrogen-bond acceptors (Lipinski definition) is 4. The first-order valence-corrected chi connectivity index (χ1v) is 6.75. The van der Waals surface area contributed by atoms with Crippen molar-refractivity contribution in [2.24, 2.45) is 5.92 Å². The number of hydrogen-bond donors (Lipinski definition) is 3. The maximum absolute atomic E-state index is 9.58. The van der Waals surface area contributed by atoms with E-state index in [1.165, 1.54) is 0 Å². The fourth-order valence-corrected chi connectivity index (χ4v) is 3.81. The maximum Gasteiger partial charge on any atom is 0.157 e. The zero-order valence-electron chi connectivity index (χ0n) is 9.34. The van der Waals surface area contributed by atoms with Crippen LogP contribution in [0.2, 0.25) is 0 Å². The SMILES string of the molecule is Oc1ccc(C2CNCC3SC=CC32)cc1O. The molecule has 90 valence electrons. The third kappa shape index (κ3) is 1.91. The summed E-state index contributed by atoms with van der Waals surface area (Å²) in [5.74, 6) is 0.835. The molecule has 3 nitrogen and oxygen atoms in total. The molecule has 3 unspecified atom stereocenters. The number of thioether (sulfide) groups is 1. The summed E-state index contributed by atoms with van der Waals surface area (Å²) in [5.41, 5.74) is 1.09. The quantitative estimate of drug-likeness (QED) is 0.667. The molecule has 0 amide bonds. The van der Waals surface area contributed by atoms with Crippen LogP contribution in [0.5, 0.6) is 11.5 Å². The Morgan fingerprint density at radius 1 is 1.18 bits per heavy atom. The molecule has 0 aliphatic carbocycles. The Morgan fingerprint density at radius 3 is 2.88 bits per heavy atom. The molecule has 3 N–H and O–H groups in total. The van der Waals surface area contributed by atoms with Crippen molar-refractivity contribution in [3.8, 4) is 11.5 Å². The zero-order valence-corrected chi connectivity index (χ0v) is 10.2. The molecule has 1 aromatic rings. The van der Waals surface area contributed by atoms with Gasteiger partial charge in [0.1, 0.15) is 0 Å². The molecule has 2 heterocycles. The Kier molecular flexibility index (Phi) is 2.76. The number of nitrogens with one attached hydrogen (secondary N) is 1. The number of rotatable bonds is 1. The number of allylic oxidation sites excluding steroid dienone is 1. The zero-order chi connectivity index (χ0) is 11.8. The molecular formula is C13H15NO2S. The van der Waals surface area contributed by atoms with E-state index >= 15 is 0 Å². The third-order valence-electron chi connectivity index (χ3n) is 3.59. The topological polar surface area (TPSA) is 52.5 Å². The number of phenolic OH excluding ortho intramolecular Hbond substituents is 2. The Morgan fingerprint density at radius 2 is 2.06 bits per heavy atom. The van der Waals surface area contributed by atoms with Crippen LogP contribution in [0.3, 0.4) is 0 Å². The Balaban J connectivity index is 1.91. The van der Waals surface area contributed by atoms with E-state index in [0.717, 1.165) is 18.7 Å². The Labute approximate surface area is 105 Å². The van der Waals surface area contributed by atoms with E-state index in [1.807, 2.05) is 17.8 Å². The van der Waals surface area contributed by atoms with E-state index in [-0.39, 0.29) is 11.5 Å². The molecule has 2 aliphatic rings. The lowest BCUT2D eigenvalue weighted by atomic mass is 9.81. The predicted molar refractivity (Wildman–Crippen MR) is 69.4 cm³/mol. The first kappa shape index (κ1) is 11.0. The van der Waals surface area contributed by atoms with Crippen molar-refractivity contribution < 1.29 is 10.2 Å². The molecule has 0 bridgehead atoms. The summed E-state index contributed by atoms with van der Waals surface area (Å²) in [5, 5.41) is 25.1. The highest BCUT2D eigenvalue weighted by Crippen LogP contribution is 2.42. The summed E-state index contributed by atoms with van der Waals surface area (Å²) in [6.07, 6.45) is 2.27. The summed E-state index contributed by atoms with van der Waals surface area (Å²) in [4.78, 5) is 0. The van der Waals surface area contributed by atoms with E-state index in [4.69, 9.17) is 0 Å². The molecule has 17 heavy (non-hydrogen) atoms. The minimum Gasteiger partial charge on any atom is -0.504 e. The summed E-state index contributed by atoms with van der Waals surface area (Å²) in [6.45, 7) is 1.97. The van der Waals surface area contributed by atoms with Gasteiger partial charge in [-0.15, -0.1) is 11.8 Å². The minimum absolute atomic E-state index is 0.0285. The van der Waals surface area contributed by atoms with Crippen molar-refractivity contribution in [3.63, 3.8) is 0 Å². The standard InChI is InChI=1S/C13H15NO2S/c15-11-2-1-8(5-12(11)16)10-6-14-7-13-9(10)3-4-17-13/h1-5,9-10,13-16H,6-7H2. The fourth-order valence-electron chi connectivity index (χ4n) is 2.66. The minimum atomic E-state index is -0.0505. The van der Waals surface area contributed by atoms with Crippen LogP contribution in [-0.4, -0.2) is 28.6 Å². The monoisotopic (exact) mass is 249 g/mol. The van der Waals surface area contributed by atoms with Crippen molar-refractivity contribution in [3.05, 3.63) is 35.2 Å². The van der Waals surface area contributed by atoms with Gasteiger partial charge >= 0.3 is 0 Å². The summed E-state index contributed by atoms with van der Waals surface area (Å²) < 4.78 is 0. The molecule has 0 saturated carbocycles. The van der Waals surface area contributed by atoms with Crippen molar-refractivity contribution >= 4 is 11.8 Å². The fraction of sp³-hybridized carbons (Fsp3) is 0.385. The molecule has 3 rings (SSSR count). The molecule has 2 aliphatic heterocycles. The first-order chi connectivity index (χ1) is 8.25. The Bertz CT molecular complexity index is 461. The summed E-state index contributed by atoms with van der Waals surface area (Å²) >= 11 is 1.88. The Hall–Kier alpha value is -1.13. The number of fused-ring (bicyclic) bond motifs is 1. The molecule has 1 fully saturated rings.